The van der Waals surface area contributed by atoms with Gasteiger partial charge in [-0.1, -0.05) is 6.92 Å². The third-order valence-corrected chi connectivity index (χ3v) is 3.59. The molecule has 0 aromatic heterocycles. The molecule has 14 heavy (non-hydrogen) atoms. The van der Waals surface area contributed by atoms with Crippen LogP contribution in [0.15, 0.2) is 0 Å². The smallest absolute Gasteiger partial charge is 0.0724 e. The van der Waals surface area contributed by atoms with Crippen molar-refractivity contribution in [1.82, 2.24) is 16.0 Å². The number of rotatable bonds is 2. The molecule has 3 heteroatoms. The molecule has 1 rings (SSSR count). The lowest BCUT2D eigenvalue weighted by molar-refractivity contribution is 0.139. The molecule has 1 heterocycles. The Bertz CT molecular complexity index is 166. The maximum atomic E-state index is 4.63. The molecule has 0 saturated carbocycles. The minimum Gasteiger partial charge on any atom is -0.302 e. The third-order valence-electron chi connectivity index (χ3n) is 3.59. The van der Waals surface area contributed by atoms with Gasteiger partial charge in [-0.2, -0.15) is 0 Å². The summed E-state index contributed by atoms with van der Waals surface area (Å²) in [6.07, 6.45) is 3.55. The van der Waals surface area contributed by atoms with Gasteiger partial charge in [-0.3, -0.25) is 0 Å². The molecule has 0 bridgehead atoms. The van der Waals surface area contributed by atoms with Crippen molar-refractivity contribution < 1.29 is 0 Å². The first-order valence-electron chi connectivity index (χ1n) is 5.69. The predicted octanol–water partition coefficient (Wildman–Crippen LogP) is 0.934. The zero-order valence-corrected chi connectivity index (χ0v) is 9.93. The minimum absolute atomic E-state index is 0.0728. The second kappa shape index (κ2) is 5.10. The highest BCUT2D eigenvalue weighted by Gasteiger charge is 2.35. The predicted molar refractivity (Wildman–Crippen MR) is 60.3 cm³/mol. The van der Waals surface area contributed by atoms with Crippen molar-refractivity contribution >= 4 is 0 Å². The van der Waals surface area contributed by atoms with Gasteiger partial charge in [0.05, 0.1) is 5.66 Å². The van der Waals surface area contributed by atoms with Crippen LogP contribution < -0.4 is 16.0 Å². The summed E-state index contributed by atoms with van der Waals surface area (Å²) < 4.78 is 0. The molecule has 2 unspecified atom stereocenters. The summed E-state index contributed by atoms with van der Waals surface area (Å²) in [6.45, 7) is 5.57. The van der Waals surface area contributed by atoms with Gasteiger partial charge in [0, 0.05) is 12.6 Å². The van der Waals surface area contributed by atoms with Crippen molar-refractivity contribution in [1.29, 1.82) is 0 Å². The van der Waals surface area contributed by atoms with Gasteiger partial charge in [-0.05, 0) is 46.2 Å². The molecule has 0 aromatic rings. The Labute approximate surface area is 88.0 Å². The Morgan fingerprint density at radius 2 is 1.86 bits per heavy atom. The lowest BCUT2D eigenvalue weighted by Crippen LogP contribution is -2.61. The van der Waals surface area contributed by atoms with Gasteiger partial charge in [-0.15, -0.1) is 0 Å². The highest BCUT2D eigenvalue weighted by Crippen LogP contribution is 2.25. The summed E-state index contributed by atoms with van der Waals surface area (Å²) in [7, 11) is 4.09. The van der Waals surface area contributed by atoms with Gasteiger partial charge in [0.2, 0.25) is 0 Å². The van der Waals surface area contributed by atoms with Gasteiger partial charge in [0.15, 0.2) is 0 Å². The van der Waals surface area contributed by atoms with Gasteiger partial charge < -0.3 is 10.6 Å². The first kappa shape index (κ1) is 12.0. The van der Waals surface area contributed by atoms with Crippen LogP contribution in [0.1, 0.15) is 33.1 Å². The van der Waals surface area contributed by atoms with Crippen LogP contribution in [0.3, 0.4) is 0 Å². The standard InChI is InChI=1S/C11H24N3/c1-9-6-5-7-14-10(2)8-11(9,12-3)13-4/h9-10,12-13H,5-8H2,1-4H3. The largest absolute Gasteiger partial charge is 0.302 e. The molecular formula is C11H24N3. The molecule has 83 valence electrons. The third kappa shape index (κ3) is 2.47. The average Bonchev–Trinajstić information content (AvgIpc) is 2.18. The van der Waals surface area contributed by atoms with Crippen LogP contribution in [0.4, 0.5) is 0 Å². The molecular weight excluding hydrogens is 174 g/mol. The minimum atomic E-state index is 0.0728. The molecule has 1 saturated heterocycles. The van der Waals surface area contributed by atoms with Crippen LogP contribution >= 0.6 is 0 Å². The van der Waals surface area contributed by atoms with E-state index < -0.39 is 0 Å². The summed E-state index contributed by atoms with van der Waals surface area (Å²) in [5, 5.41) is 11.5. The zero-order chi connectivity index (χ0) is 10.6. The van der Waals surface area contributed by atoms with E-state index in [2.05, 4.69) is 29.8 Å². The topological polar surface area (TPSA) is 38.2 Å². The lowest BCUT2D eigenvalue weighted by atomic mass is 9.83. The van der Waals surface area contributed by atoms with E-state index in [9.17, 15) is 0 Å². The number of hydrogen-bond donors (Lipinski definition) is 2. The van der Waals surface area contributed by atoms with E-state index in [1.165, 1.54) is 12.8 Å². The van der Waals surface area contributed by atoms with E-state index in [0.29, 0.717) is 12.0 Å². The second-order valence-electron chi connectivity index (χ2n) is 4.47. The molecule has 0 aromatic carbocycles. The van der Waals surface area contributed by atoms with E-state index in [1.807, 2.05) is 14.1 Å². The second-order valence-corrected chi connectivity index (χ2v) is 4.47. The van der Waals surface area contributed by atoms with Gasteiger partial charge >= 0.3 is 0 Å². The highest BCUT2D eigenvalue weighted by atomic mass is 15.2. The van der Waals surface area contributed by atoms with Gasteiger partial charge in [-0.25, -0.2) is 5.32 Å². The molecule has 0 aliphatic carbocycles. The summed E-state index contributed by atoms with van der Waals surface area (Å²) in [4.78, 5) is 0. The van der Waals surface area contributed by atoms with E-state index in [0.717, 1.165) is 13.0 Å². The SMILES string of the molecule is CNC1(NC)CC(C)[N]CCCC1C. The fourth-order valence-corrected chi connectivity index (χ4v) is 2.51. The van der Waals surface area contributed by atoms with Crippen molar-refractivity contribution in [2.75, 3.05) is 20.6 Å². The number of hydrogen-bond acceptors (Lipinski definition) is 2. The Morgan fingerprint density at radius 1 is 1.21 bits per heavy atom. The lowest BCUT2D eigenvalue weighted by Gasteiger charge is -2.42. The molecule has 1 radical (unpaired) electrons. The van der Waals surface area contributed by atoms with Crippen LogP contribution in [0.25, 0.3) is 0 Å². The first-order chi connectivity index (χ1) is 6.64. The van der Waals surface area contributed by atoms with Gasteiger partial charge in [0.25, 0.3) is 0 Å². The number of nitrogens with one attached hydrogen (secondary N) is 2. The molecule has 1 aliphatic rings. The number of nitrogens with zero attached hydrogens (tertiary/aromatic N) is 1. The van der Waals surface area contributed by atoms with Crippen LogP contribution in [-0.2, 0) is 0 Å². The molecule has 0 spiro atoms. The molecule has 3 nitrogen and oxygen atoms in total. The van der Waals surface area contributed by atoms with Crippen molar-refractivity contribution in [2.24, 2.45) is 5.92 Å². The normalized spacial score (nSPS) is 33.4. The van der Waals surface area contributed by atoms with Crippen LogP contribution in [0.5, 0.6) is 0 Å². The van der Waals surface area contributed by atoms with Crippen LogP contribution in [-0.4, -0.2) is 32.3 Å². The van der Waals surface area contributed by atoms with E-state index >= 15 is 0 Å². The van der Waals surface area contributed by atoms with Crippen LogP contribution in [0, 0.1) is 5.92 Å². The highest BCUT2D eigenvalue weighted by molar-refractivity contribution is 4.92. The van der Waals surface area contributed by atoms with Crippen molar-refractivity contribution in [3.8, 4) is 0 Å². The monoisotopic (exact) mass is 198 g/mol. The maximum Gasteiger partial charge on any atom is 0.0724 e. The molecule has 1 fully saturated rings. The molecule has 2 N–H and O–H groups in total. The van der Waals surface area contributed by atoms with Crippen molar-refractivity contribution in [2.45, 2.75) is 44.8 Å². The maximum absolute atomic E-state index is 4.63. The summed E-state index contributed by atoms with van der Waals surface area (Å²) in [5.74, 6) is 0.662. The Morgan fingerprint density at radius 3 is 2.43 bits per heavy atom. The fraction of sp³-hybridized carbons (Fsp3) is 1.00. The van der Waals surface area contributed by atoms with E-state index in [4.69, 9.17) is 0 Å². The summed E-state index contributed by atoms with van der Waals surface area (Å²) in [5.41, 5.74) is 0.0728. The summed E-state index contributed by atoms with van der Waals surface area (Å²) >= 11 is 0. The molecule has 1 aliphatic heterocycles. The molecule has 0 amide bonds. The molecule has 2 atom stereocenters. The quantitative estimate of drug-likeness (QED) is 0.648. The van der Waals surface area contributed by atoms with E-state index in [-0.39, 0.29) is 5.66 Å². The van der Waals surface area contributed by atoms with Crippen molar-refractivity contribution in [3.05, 3.63) is 0 Å². The summed E-state index contributed by atoms with van der Waals surface area (Å²) in [6, 6.07) is 0.456. The average molecular weight is 198 g/mol. The van der Waals surface area contributed by atoms with E-state index in [1.54, 1.807) is 0 Å². The fourth-order valence-electron chi connectivity index (χ4n) is 2.51. The Kier molecular flexibility index (Phi) is 4.35. The zero-order valence-electron chi connectivity index (χ0n) is 9.93. The van der Waals surface area contributed by atoms with Gasteiger partial charge in [0.1, 0.15) is 0 Å². The first-order valence-corrected chi connectivity index (χ1v) is 5.69. The van der Waals surface area contributed by atoms with Crippen molar-refractivity contribution in [3.63, 3.8) is 0 Å². The Hall–Kier alpha value is -0.120. The van der Waals surface area contributed by atoms with Crippen LogP contribution in [0.2, 0.25) is 0 Å². The Balaban J connectivity index is 2.73.